The van der Waals surface area contributed by atoms with E-state index in [2.05, 4.69) is 49.1 Å². The number of aromatic nitrogens is 2. The second-order valence-electron chi connectivity index (χ2n) is 7.21. The lowest BCUT2D eigenvalue weighted by Gasteiger charge is -2.45. The minimum atomic E-state index is 0.222. The molecular formula is C16H30N4. The van der Waals surface area contributed by atoms with E-state index in [0.717, 1.165) is 32.0 Å². The summed E-state index contributed by atoms with van der Waals surface area (Å²) in [6.45, 7) is 12.6. The first-order chi connectivity index (χ1) is 9.37. The molecule has 1 atom stereocenters. The molecule has 1 N–H and O–H groups in total. The first-order valence-electron chi connectivity index (χ1n) is 7.83. The van der Waals surface area contributed by atoms with Crippen LogP contribution in [-0.4, -0.2) is 45.9 Å². The van der Waals surface area contributed by atoms with Gasteiger partial charge in [0.1, 0.15) is 0 Å². The molecule has 0 amide bonds. The van der Waals surface area contributed by atoms with E-state index in [-0.39, 0.29) is 5.54 Å². The zero-order chi connectivity index (χ0) is 14.8. The minimum Gasteiger partial charge on any atom is -0.309 e. The number of aryl methyl sites for hydroxylation is 1. The van der Waals surface area contributed by atoms with Gasteiger partial charge in [0, 0.05) is 56.6 Å². The van der Waals surface area contributed by atoms with Crippen molar-refractivity contribution in [2.24, 2.45) is 13.0 Å². The first-order valence-corrected chi connectivity index (χ1v) is 7.83. The normalized spacial score (nSPS) is 23.4. The average Bonchev–Trinajstić information content (AvgIpc) is 2.74. The molecule has 4 heteroatoms. The Hall–Kier alpha value is -0.870. The second kappa shape index (κ2) is 6.27. The van der Waals surface area contributed by atoms with Crippen LogP contribution in [0.15, 0.2) is 12.3 Å². The zero-order valence-corrected chi connectivity index (χ0v) is 13.7. The first kappa shape index (κ1) is 15.5. The van der Waals surface area contributed by atoms with Gasteiger partial charge >= 0.3 is 0 Å². The van der Waals surface area contributed by atoms with Gasteiger partial charge in [-0.15, -0.1) is 0 Å². The molecule has 0 aliphatic carbocycles. The van der Waals surface area contributed by atoms with Gasteiger partial charge in [0.2, 0.25) is 0 Å². The number of rotatable bonds is 5. The molecule has 1 fully saturated rings. The molecule has 1 aromatic heterocycles. The number of hydrogen-bond acceptors (Lipinski definition) is 3. The van der Waals surface area contributed by atoms with E-state index >= 15 is 0 Å². The van der Waals surface area contributed by atoms with Gasteiger partial charge in [0.15, 0.2) is 0 Å². The van der Waals surface area contributed by atoms with Crippen molar-refractivity contribution in [1.29, 1.82) is 0 Å². The zero-order valence-electron chi connectivity index (χ0n) is 13.7. The largest absolute Gasteiger partial charge is 0.309 e. The van der Waals surface area contributed by atoms with Crippen molar-refractivity contribution in [3.63, 3.8) is 0 Å². The maximum Gasteiger partial charge on any atom is 0.0492 e. The van der Waals surface area contributed by atoms with Crippen molar-refractivity contribution in [1.82, 2.24) is 20.0 Å². The monoisotopic (exact) mass is 278 g/mol. The van der Waals surface area contributed by atoms with E-state index in [1.165, 1.54) is 12.1 Å². The van der Waals surface area contributed by atoms with Crippen LogP contribution in [0, 0.1) is 5.92 Å². The molecule has 1 saturated heterocycles. The lowest BCUT2D eigenvalue weighted by molar-refractivity contribution is 0.0834. The van der Waals surface area contributed by atoms with Crippen molar-refractivity contribution in [2.45, 2.75) is 52.1 Å². The highest BCUT2D eigenvalue weighted by molar-refractivity contribution is 5.01. The Labute approximate surface area is 123 Å². The molecule has 0 aromatic carbocycles. The standard InChI is InChI=1S/C16H30N4/c1-13(2)10-15-11-17-16(3,4)12-20(15)9-7-14-6-8-18-19(14)5/h6,8,13,15,17H,7,9-12H2,1-5H3. The molecule has 4 nitrogen and oxygen atoms in total. The fraction of sp³-hybridized carbons (Fsp3) is 0.812. The lowest BCUT2D eigenvalue weighted by atomic mass is 9.94. The third-order valence-corrected chi connectivity index (χ3v) is 4.25. The number of nitrogens with one attached hydrogen (secondary N) is 1. The van der Waals surface area contributed by atoms with E-state index in [1.54, 1.807) is 0 Å². The van der Waals surface area contributed by atoms with Crippen LogP contribution >= 0.6 is 0 Å². The fourth-order valence-corrected chi connectivity index (χ4v) is 3.16. The molecule has 114 valence electrons. The molecule has 2 rings (SSSR count). The Balaban J connectivity index is 1.98. The van der Waals surface area contributed by atoms with Gasteiger partial charge in [-0.05, 0) is 32.3 Å². The quantitative estimate of drug-likeness (QED) is 0.895. The maximum atomic E-state index is 4.26. The summed E-state index contributed by atoms with van der Waals surface area (Å²) in [6.07, 6.45) is 4.25. The SMILES string of the molecule is CC(C)CC1CNC(C)(C)CN1CCc1ccnn1C. The van der Waals surface area contributed by atoms with Gasteiger partial charge in [-0.2, -0.15) is 5.10 Å². The smallest absolute Gasteiger partial charge is 0.0492 e. The maximum absolute atomic E-state index is 4.26. The molecule has 0 bridgehead atoms. The van der Waals surface area contributed by atoms with Gasteiger partial charge in [0.05, 0.1) is 0 Å². The molecule has 1 aliphatic rings. The summed E-state index contributed by atoms with van der Waals surface area (Å²) in [4.78, 5) is 2.67. The summed E-state index contributed by atoms with van der Waals surface area (Å²) in [5.74, 6) is 0.752. The highest BCUT2D eigenvalue weighted by atomic mass is 15.3. The summed E-state index contributed by atoms with van der Waals surface area (Å²) in [5.41, 5.74) is 1.55. The van der Waals surface area contributed by atoms with E-state index in [0.29, 0.717) is 6.04 Å². The summed E-state index contributed by atoms with van der Waals surface area (Å²) in [7, 11) is 2.03. The third kappa shape index (κ3) is 4.06. The van der Waals surface area contributed by atoms with E-state index in [4.69, 9.17) is 0 Å². The summed E-state index contributed by atoms with van der Waals surface area (Å²) >= 11 is 0. The van der Waals surface area contributed by atoms with Crippen molar-refractivity contribution >= 4 is 0 Å². The Bertz CT molecular complexity index is 422. The topological polar surface area (TPSA) is 33.1 Å². The molecular weight excluding hydrogens is 248 g/mol. The van der Waals surface area contributed by atoms with E-state index in [9.17, 15) is 0 Å². The molecule has 0 radical (unpaired) electrons. The molecule has 1 unspecified atom stereocenters. The van der Waals surface area contributed by atoms with Gasteiger partial charge in [0.25, 0.3) is 0 Å². The molecule has 1 aromatic rings. The lowest BCUT2D eigenvalue weighted by Crippen LogP contribution is -2.62. The Morgan fingerprint density at radius 2 is 2.20 bits per heavy atom. The van der Waals surface area contributed by atoms with Crippen LogP contribution in [0.4, 0.5) is 0 Å². The number of hydrogen-bond donors (Lipinski definition) is 1. The number of piperazine rings is 1. The third-order valence-electron chi connectivity index (χ3n) is 4.25. The average molecular weight is 278 g/mol. The highest BCUT2D eigenvalue weighted by Gasteiger charge is 2.32. The predicted octanol–water partition coefficient (Wildman–Crippen LogP) is 2.06. The molecule has 20 heavy (non-hydrogen) atoms. The predicted molar refractivity (Wildman–Crippen MR) is 83.8 cm³/mol. The van der Waals surface area contributed by atoms with Crippen LogP contribution in [0.3, 0.4) is 0 Å². The van der Waals surface area contributed by atoms with Gasteiger partial charge in [-0.3, -0.25) is 9.58 Å². The van der Waals surface area contributed by atoms with E-state index < -0.39 is 0 Å². The summed E-state index contributed by atoms with van der Waals surface area (Å²) in [5, 5.41) is 7.95. The fourth-order valence-electron chi connectivity index (χ4n) is 3.16. The van der Waals surface area contributed by atoms with Gasteiger partial charge in [-0.1, -0.05) is 13.8 Å². The minimum absolute atomic E-state index is 0.222. The van der Waals surface area contributed by atoms with Crippen molar-refractivity contribution in [3.05, 3.63) is 18.0 Å². The van der Waals surface area contributed by atoms with Gasteiger partial charge in [-0.25, -0.2) is 0 Å². The van der Waals surface area contributed by atoms with Crippen LogP contribution in [-0.2, 0) is 13.5 Å². The van der Waals surface area contributed by atoms with Crippen molar-refractivity contribution in [2.75, 3.05) is 19.6 Å². The van der Waals surface area contributed by atoms with Crippen molar-refractivity contribution < 1.29 is 0 Å². The Morgan fingerprint density at radius 3 is 2.80 bits per heavy atom. The molecule has 1 aliphatic heterocycles. The highest BCUT2D eigenvalue weighted by Crippen LogP contribution is 2.20. The summed E-state index contributed by atoms with van der Waals surface area (Å²) in [6, 6.07) is 2.79. The van der Waals surface area contributed by atoms with Gasteiger partial charge < -0.3 is 5.32 Å². The Morgan fingerprint density at radius 1 is 1.45 bits per heavy atom. The van der Waals surface area contributed by atoms with Crippen LogP contribution in [0.5, 0.6) is 0 Å². The number of nitrogens with zero attached hydrogens (tertiary/aromatic N) is 3. The Kier molecular flexibility index (Phi) is 4.86. The second-order valence-corrected chi connectivity index (χ2v) is 7.21. The molecule has 2 heterocycles. The molecule has 0 spiro atoms. The van der Waals surface area contributed by atoms with Crippen LogP contribution in [0.1, 0.15) is 39.8 Å². The van der Waals surface area contributed by atoms with Crippen LogP contribution in [0.2, 0.25) is 0 Å². The van der Waals surface area contributed by atoms with E-state index in [1.807, 2.05) is 17.9 Å². The van der Waals surface area contributed by atoms with Crippen LogP contribution < -0.4 is 5.32 Å². The summed E-state index contributed by atoms with van der Waals surface area (Å²) < 4.78 is 1.99. The molecule has 0 saturated carbocycles. The van der Waals surface area contributed by atoms with Crippen LogP contribution in [0.25, 0.3) is 0 Å². The van der Waals surface area contributed by atoms with Crippen molar-refractivity contribution in [3.8, 4) is 0 Å².